The maximum atomic E-state index is 14.9. The predicted molar refractivity (Wildman–Crippen MR) is 197 cm³/mol. The molecule has 1 aliphatic rings. The molecule has 6 rings (SSSR count). The first-order valence-corrected chi connectivity index (χ1v) is 17.5. The summed E-state index contributed by atoms with van der Waals surface area (Å²) in [5, 5.41) is 29.1. The van der Waals surface area contributed by atoms with Crippen LogP contribution in [0.2, 0.25) is 0 Å². The third-order valence-corrected chi connectivity index (χ3v) is 8.65. The van der Waals surface area contributed by atoms with Crippen molar-refractivity contribution in [3.05, 3.63) is 111 Å². The fourth-order valence-corrected chi connectivity index (χ4v) is 5.88. The van der Waals surface area contributed by atoms with Gasteiger partial charge in [0, 0.05) is 43.5 Å². The zero-order valence-electron chi connectivity index (χ0n) is 30.5. The molecular weight excluding hydrogens is 711 g/mol. The molecule has 1 saturated heterocycles. The van der Waals surface area contributed by atoms with E-state index in [0.29, 0.717) is 33.2 Å². The SMILES string of the molecule is CC(C)(C)OC(=O)NCc1nnc(-c2ccc(CC(=O)NCC(=O)N3CCN(C(=O)c4cc(Cc5n[nH]c(=O)c6ccccc56)ccc4F)CC3)cc2)nn1. The lowest BCUT2D eigenvalue weighted by molar-refractivity contribution is -0.133. The van der Waals surface area contributed by atoms with E-state index in [1.54, 1.807) is 80.3 Å². The Morgan fingerprint density at radius 2 is 1.49 bits per heavy atom. The second kappa shape index (κ2) is 16.6. The summed E-state index contributed by atoms with van der Waals surface area (Å²) >= 11 is 0. The highest BCUT2D eigenvalue weighted by Gasteiger charge is 2.27. The zero-order valence-corrected chi connectivity index (χ0v) is 30.5. The Morgan fingerprint density at radius 3 is 2.18 bits per heavy atom. The summed E-state index contributed by atoms with van der Waals surface area (Å²) in [5.74, 6) is -1.34. The van der Waals surface area contributed by atoms with E-state index in [0.717, 1.165) is 0 Å². The van der Waals surface area contributed by atoms with Crippen molar-refractivity contribution >= 4 is 34.6 Å². The van der Waals surface area contributed by atoms with Crippen LogP contribution in [0.5, 0.6) is 0 Å². The number of nitrogens with zero attached hydrogens (tertiary/aromatic N) is 7. The van der Waals surface area contributed by atoms with Crippen molar-refractivity contribution in [3.63, 3.8) is 0 Å². The van der Waals surface area contributed by atoms with Gasteiger partial charge in [0.25, 0.3) is 11.5 Å². The van der Waals surface area contributed by atoms with Gasteiger partial charge in [-0.2, -0.15) is 5.10 Å². The zero-order chi connectivity index (χ0) is 39.1. The minimum Gasteiger partial charge on any atom is -0.444 e. The Labute approximate surface area is 314 Å². The molecule has 0 saturated carbocycles. The maximum Gasteiger partial charge on any atom is 0.408 e. The molecule has 3 heterocycles. The lowest BCUT2D eigenvalue weighted by Crippen LogP contribution is -2.52. The lowest BCUT2D eigenvalue weighted by atomic mass is 10.0. The van der Waals surface area contributed by atoms with Gasteiger partial charge in [-0.25, -0.2) is 14.3 Å². The van der Waals surface area contributed by atoms with Gasteiger partial charge in [-0.15, -0.1) is 20.4 Å². The van der Waals surface area contributed by atoms with E-state index in [4.69, 9.17) is 4.74 Å². The van der Waals surface area contributed by atoms with E-state index in [1.807, 2.05) is 0 Å². The number of fused-ring (bicyclic) bond motifs is 1. The van der Waals surface area contributed by atoms with Crippen LogP contribution in [-0.4, -0.2) is 103 Å². The van der Waals surface area contributed by atoms with Crippen LogP contribution in [-0.2, 0) is 33.7 Å². The molecule has 0 spiro atoms. The van der Waals surface area contributed by atoms with Crippen LogP contribution in [0, 0.1) is 5.82 Å². The minimum atomic E-state index is -0.661. The Hall–Kier alpha value is -6.65. The van der Waals surface area contributed by atoms with Gasteiger partial charge in [0.2, 0.25) is 17.6 Å². The number of H-pyrrole nitrogens is 1. The molecule has 0 unspecified atom stereocenters. The van der Waals surface area contributed by atoms with Crippen molar-refractivity contribution in [3.8, 4) is 11.4 Å². The Morgan fingerprint density at radius 1 is 0.836 bits per heavy atom. The van der Waals surface area contributed by atoms with Gasteiger partial charge in [0.1, 0.15) is 11.4 Å². The summed E-state index contributed by atoms with van der Waals surface area (Å²) in [6.45, 7) is 5.89. The number of piperazine rings is 1. The van der Waals surface area contributed by atoms with E-state index in [2.05, 4.69) is 41.2 Å². The molecule has 0 bridgehead atoms. The number of aromatic nitrogens is 6. The first-order chi connectivity index (χ1) is 26.3. The number of ether oxygens (including phenoxy) is 1. The molecule has 17 heteroatoms. The average Bonchev–Trinajstić information content (AvgIpc) is 3.18. The van der Waals surface area contributed by atoms with Gasteiger partial charge < -0.3 is 25.2 Å². The predicted octanol–water partition coefficient (Wildman–Crippen LogP) is 2.57. The summed E-state index contributed by atoms with van der Waals surface area (Å²) in [5.41, 5.74) is 1.52. The van der Waals surface area contributed by atoms with Crippen LogP contribution < -0.4 is 16.2 Å². The molecule has 0 atom stereocenters. The summed E-state index contributed by atoms with van der Waals surface area (Å²) in [6.07, 6.45) is -0.306. The van der Waals surface area contributed by atoms with Gasteiger partial charge >= 0.3 is 6.09 Å². The van der Waals surface area contributed by atoms with Crippen molar-refractivity contribution in [2.75, 3.05) is 32.7 Å². The van der Waals surface area contributed by atoms with Crippen molar-refractivity contribution in [2.45, 2.75) is 45.8 Å². The Balaban J connectivity index is 0.947. The highest BCUT2D eigenvalue weighted by molar-refractivity contribution is 5.95. The molecule has 3 N–H and O–H groups in total. The monoisotopic (exact) mass is 750 g/mol. The van der Waals surface area contributed by atoms with E-state index in [-0.39, 0.29) is 86.7 Å². The number of halogens is 1. The first-order valence-electron chi connectivity index (χ1n) is 17.5. The quantitative estimate of drug-likeness (QED) is 0.189. The van der Waals surface area contributed by atoms with Gasteiger partial charge in [-0.1, -0.05) is 48.5 Å². The number of benzene rings is 3. The minimum absolute atomic E-state index is 0.00297. The average molecular weight is 751 g/mol. The highest BCUT2D eigenvalue weighted by atomic mass is 19.1. The molecule has 16 nitrogen and oxygen atoms in total. The summed E-state index contributed by atoms with van der Waals surface area (Å²) < 4.78 is 20.1. The van der Waals surface area contributed by atoms with Crippen LogP contribution in [0.4, 0.5) is 9.18 Å². The number of rotatable bonds is 10. The summed E-state index contributed by atoms with van der Waals surface area (Å²) in [7, 11) is 0. The summed E-state index contributed by atoms with van der Waals surface area (Å²) in [6, 6.07) is 18.3. The van der Waals surface area contributed by atoms with Crippen molar-refractivity contribution in [2.24, 2.45) is 0 Å². The van der Waals surface area contributed by atoms with Gasteiger partial charge in [0.05, 0.1) is 36.2 Å². The normalized spacial score (nSPS) is 13.0. The highest BCUT2D eigenvalue weighted by Crippen LogP contribution is 2.20. The molecule has 2 aromatic heterocycles. The second-order valence-corrected chi connectivity index (χ2v) is 13.9. The van der Waals surface area contributed by atoms with Crippen LogP contribution in [0.15, 0.2) is 71.5 Å². The van der Waals surface area contributed by atoms with Gasteiger partial charge in [-0.3, -0.25) is 19.2 Å². The molecule has 4 amide bonds. The Kier molecular flexibility index (Phi) is 11.5. The van der Waals surface area contributed by atoms with Crippen LogP contribution in [0.1, 0.15) is 53.8 Å². The largest absolute Gasteiger partial charge is 0.444 e. The molecule has 284 valence electrons. The van der Waals surface area contributed by atoms with Crippen LogP contribution in [0.25, 0.3) is 22.2 Å². The van der Waals surface area contributed by atoms with Crippen molar-refractivity contribution in [1.82, 2.24) is 51.0 Å². The standard InChI is InChI=1S/C38H39FN10O6/c1-38(2,3)55-37(54)41-21-31-43-45-34(46-44-31)25-11-8-23(9-12-25)20-32(50)40-22-33(51)48-14-16-49(17-15-48)36(53)28-18-24(10-13-29(28)39)19-30-26-6-4-5-7-27(26)35(52)47-42-30/h4-13,18H,14-17,19-22H2,1-3H3,(H,40,50)(H,41,54)(H,47,52). The fraction of sp³-hybridized carbons (Fsp3) is 0.316. The molecule has 0 radical (unpaired) electrons. The topological polar surface area (TPSA) is 205 Å². The number of nitrogens with one attached hydrogen (secondary N) is 3. The van der Waals surface area contributed by atoms with Crippen molar-refractivity contribution < 1.29 is 28.3 Å². The molecule has 1 aliphatic heterocycles. The number of amides is 4. The van der Waals surface area contributed by atoms with E-state index in [9.17, 15) is 28.4 Å². The van der Waals surface area contributed by atoms with E-state index >= 15 is 0 Å². The number of alkyl carbamates (subject to hydrolysis) is 1. The molecule has 0 aliphatic carbocycles. The molecule has 3 aromatic carbocycles. The van der Waals surface area contributed by atoms with E-state index < -0.39 is 23.4 Å². The molecule has 5 aromatic rings. The van der Waals surface area contributed by atoms with Gasteiger partial charge in [-0.05, 0) is 50.1 Å². The number of hydrogen-bond donors (Lipinski definition) is 3. The second-order valence-electron chi connectivity index (χ2n) is 13.9. The van der Waals surface area contributed by atoms with E-state index in [1.165, 1.54) is 17.0 Å². The third kappa shape index (κ3) is 9.87. The lowest BCUT2D eigenvalue weighted by Gasteiger charge is -2.35. The van der Waals surface area contributed by atoms with Gasteiger partial charge in [0.15, 0.2) is 5.82 Å². The molecule has 55 heavy (non-hydrogen) atoms. The number of hydrogen-bond acceptors (Lipinski definition) is 11. The maximum absolute atomic E-state index is 14.9. The molecule has 1 fully saturated rings. The first kappa shape index (κ1) is 38.1. The number of carbonyl (C=O) groups is 4. The number of carbonyl (C=O) groups excluding carboxylic acids is 4. The Bertz CT molecular complexity index is 2270. The van der Waals surface area contributed by atoms with Crippen LogP contribution >= 0.6 is 0 Å². The van der Waals surface area contributed by atoms with Crippen LogP contribution in [0.3, 0.4) is 0 Å². The third-order valence-electron chi connectivity index (χ3n) is 8.65. The van der Waals surface area contributed by atoms with Crippen molar-refractivity contribution in [1.29, 1.82) is 0 Å². The smallest absolute Gasteiger partial charge is 0.408 e. The molecular formula is C38H39FN10O6. The summed E-state index contributed by atoms with van der Waals surface area (Å²) in [4.78, 5) is 66.0. The number of aromatic amines is 1. The fourth-order valence-electron chi connectivity index (χ4n) is 5.88.